The molecule has 2 rings (SSSR count). The van der Waals surface area contributed by atoms with Crippen molar-refractivity contribution in [2.24, 2.45) is 5.92 Å². The molecule has 4 atom stereocenters. The number of hydrogen-bond donors (Lipinski definition) is 0. The average molecular weight is 187 g/mol. The van der Waals surface area contributed by atoms with Gasteiger partial charge in [0, 0.05) is 5.92 Å². The zero-order chi connectivity index (χ0) is 8.93. The predicted molar refractivity (Wildman–Crippen MR) is 46.2 cm³/mol. The molecular formula is C9H11ClO2. The standard InChI is InChI=1S/C9H11ClO2/c1-5-6-3-4-7(12-6)9(2,10)8(5)11/h3-7H,1-2H3/t5-,6+,7-,9-/m0/s1. The summed E-state index contributed by atoms with van der Waals surface area (Å²) in [6.07, 6.45) is 3.54. The van der Waals surface area contributed by atoms with Crippen LogP contribution in [0.1, 0.15) is 13.8 Å². The van der Waals surface area contributed by atoms with Crippen molar-refractivity contribution in [3.05, 3.63) is 12.2 Å². The minimum atomic E-state index is -0.858. The molecule has 0 aromatic heterocycles. The van der Waals surface area contributed by atoms with Crippen LogP contribution >= 0.6 is 11.6 Å². The van der Waals surface area contributed by atoms with Gasteiger partial charge in [-0.3, -0.25) is 4.79 Å². The molecule has 2 aliphatic heterocycles. The number of carbonyl (C=O) groups excluding carboxylic acids is 1. The van der Waals surface area contributed by atoms with E-state index >= 15 is 0 Å². The van der Waals surface area contributed by atoms with Crippen LogP contribution in [0, 0.1) is 5.92 Å². The molecule has 2 bridgehead atoms. The Bertz CT molecular complexity index is 257. The van der Waals surface area contributed by atoms with E-state index in [1.165, 1.54) is 0 Å². The molecule has 1 fully saturated rings. The highest BCUT2D eigenvalue weighted by molar-refractivity contribution is 6.36. The highest BCUT2D eigenvalue weighted by Gasteiger charge is 2.51. The van der Waals surface area contributed by atoms with Crippen molar-refractivity contribution >= 4 is 17.4 Å². The molecule has 0 saturated carbocycles. The summed E-state index contributed by atoms with van der Waals surface area (Å²) in [5.41, 5.74) is 0. The third-order valence-electron chi connectivity index (χ3n) is 2.70. The molecule has 0 aliphatic carbocycles. The Morgan fingerprint density at radius 3 is 2.92 bits per heavy atom. The summed E-state index contributed by atoms with van der Waals surface area (Å²) in [7, 11) is 0. The largest absolute Gasteiger partial charge is 0.364 e. The molecule has 0 aromatic rings. The monoisotopic (exact) mass is 186 g/mol. The normalized spacial score (nSPS) is 51.6. The van der Waals surface area contributed by atoms with E-state index in [1.807, 2.05) is 19.1 Å². The molecule has 12 heavy (non-hydrogen) atoms. The zero-order valence-corrected chi connectivity index (χ0v) is 7.84. The quantitative estimate of drug-likeness (QED) is 0.424. The summed E-state index contributed by atoms with van der Waals surface area (Å²) in [6, 6.07) is 0. The van der Waals surface area contributed by atoms with Gasteiger partial charge in [0.1, 0.15) is 11.0 Å². The van der Waals surface area contributed by atoms with Crippen LogP contribution in [-0.4, -0.2) is 22.9 Å². The number of rotatable bonds is 0. The molecule has 2 heterocycles. The van der Waals surface area contributed by atoms with Gasteiger partial charge in [-0.1, -0.05) is 19.1 Å². The van der Waals surface area contributed by atoms with E-state index in [-0.39, 0.29) is 23.9 Å². The number of fused-ring (bicyclic) bond motifs is 2. The van der Waals surface area contributed by atoms with E-state index < -0.39 is 4.87 Å². The second-order valence-electron chi connectivity index (χ2n) is 3.63. The molecule has 0 radical (unpaired) electrons. The van der Waals surface area contributed by atoms with Gasteiger partial charge in [-0.15, -0.1) is 11.6 Å². The van der Waals surface area contributed by atoms with Crippen LogP contribution < -0.4 is 0 Å². The minimum absolute atomic E-state index is 0.0469. The van der Waals surface area contributed by atoms with E-state index in [2.05, 4.69) is 0 Å². The number of ketones is 1. The van der Waals surface area contributed by atoms with Crippen LogP contribution in [-0.2, 0) is 9.53 Å². The summed E-state index contributed by atoms with van der Waals surface area (Å²) < 4.78 is 5.53. The van der Waals surface area contributed by atoms with Crippen LogP contribution in [0.4, 0.5) is 0 Å². The van der Waals surface area contributed by atoms with Crippen molar-refractivity contribution < 1.29 is 9.53 Å². The lowest BCUT2D eigenvalue weighted by molar-refractivity contribution is -0.140. The van der Waals surface area contributed by atoms with Gasteiger partial charge in [0.05, 0.1) is 6.10 Å². The molecule has 1 saturated heterocycles. The number of halogens is 1. The van der Waals surface area contributed by atoms with Gasteiger partial charge < -0.3 is 4.74 Å². The van der Waals surface area contributed by atoms with Crippen molar-refractivity contribution in [1.82, 2.24) is 0 Å². The van der Waals surface area contributed by atoms with Crippen LogP contribution in [0.5, 0.6) is 0 Å². The SMILES string of the molecule is C[C@@H]1C(=O)[C@@](C)(Cl)[C@@H]2C=C[C@H]1O2. The molecule has 2 aliphatic rings. The molecule has 66 valence electrons. The van der Waals surface area contributed by atoms with Gasteiger partial charge in [0.2, 0.25) is 0 Å². The number of hydrogen-bond acceptors (Lipinski definition) is 2. The van der Waals surface area contributed by atoms with Gasteiger partial charge in [0.25, 0.3) is 0 Å². The van der Waals surface area contributed by atoms with E-state index in [1.54, 1.807) is 6.92 Å². The molecule has 2 nitrogen and oxygen atoms in total. The molecule has 0 unspecified atom stereocenters. The van der Waals surface area contributed by atoms with Crippen LogP contribution in [0.15, 0.2) is 12.2 Å². The fourth-order valence-electron chi connectivity index (χ4n) is 1.80. The fourth-order valence-corrected chi connectivity index (χ4v) is 2.09. The first-order valence-electron chi connectivity index (χ1n) is 4.10. The summed E-state index contributed by atoms with van der Waals surface area (Å²) >= 11 is 6.08. The van der Waals surface area contributed by atoms with Gasteiger partial charge >= 0.3 is 0 Å². The van der Waals surface area contributed by atoms with Crippen molar-refractivity contribution in [3.63, 3.8) is 0 Å². The molecule has 0 spiro atoms. The average Bonchev–Trinajstić information content (AvgIpc) is 2.46. The Labute approximate surface area is 76.5 Å². The second-order valence-corrected chi connectivity index (χ2v) is 4.42. The van der Waals surface area contributed by atoms with Crippen molar-refractivity contribution in [2.75, 3.05) is 0 Å². The van der Waals surface area contributed by atoms with Gasteiger partial charge in [-0.25, -0.2) is 0 Å². The van der Waals surface area contributed by atoms with Gasteiger partial charge in [-0.2, -0.15) is 0 Å². The predicted octanol–water partition coefficient (Wildman–Crippen LogP) is 1.53. The summed E-state index contributed by atoms with van der Waals surface area (Å²) in [4.78, 5) is 10.8. The lowest BCUT2D eigenvalue weighted by Gasteiger charge is -2.36. The highest BCUT2D eigenvalue weighted by atomic mass is 35.5. The van der Waals surface area contributed by atoms with Crippen molar-refractivity contribution in [2.45, 2.75) is 30.9 Å². The fraction of sp³-hybridized carbons (Fsp3) is 0.667. The Morgan fingerprint density at radius 2 is 2.25 bits per heavy atom. The third-order valence-corrected chi connectivity index (χ3v) is 3.10. The Balaban J connectivity index is 2.38. The first-order valence-corrected chi connectivity index (χ1v) is 4.48. The smallest absolute Gasteiger partial charge is 0.162 e. The molecule has 0 amide bonds. The molecule has 0 N–H and O–H groups in total. The van der Waals surface area contributed by atoms with Gasteiger partial charge in [0.15, 0.2) is 5.78 Å². The number of Topliss-reactive ketones (excluding diaryl/α,β-unsaturated/α-hetero) is 1. The topological polar surface area (TPSA) is 26.3 Å². The lowest BCUT2D eigenvalue weighted by atomic mass is 9.87. The van der Waals surface area contributed by atoms with E-state index in [0.717, 1.165) is 0 Å². The van der Waals surface area contributed by atoms with Gasteiger partial charge in [-0.05, 0) is 6.92 Å². The highest BCUT2D eigenvalue weighted by Crippen LogP contribution is 2.39. The van der Waals surface area contributed by atoms with E-state index in [0.29, 0.717) is 0 Å². The van der Waals surface area contributed by atoms with Crippen LogP contribution in [0.25, 0.3) is 0 Å². The number of alkyl halides is 1. The maximum atomic E-state index is 11.7. The lowest BCUT2D eigenvalue weighted by Crippen LogP contribution is -2.51. The Morgan fingerprint density at radius 1 is 1.58 bits per heavy atom. The van der Waals surface area contributed by atoms with Crippen LogP contribution in [0.3, 0.4) is 0 Å². The van der Waals surface area contributed by atoms with E-state index in [9.17, 15) is 4.79 Å². The third kappa shape index (κ3) is 0.882. The molecule has 0 aromatic carbocycles. The molecule has 3 heteroatoms. The van der Waals surface area contributed by atoms with Crippen molar-refractivity contribution in [3.8, 4) is 0 Å². The maximum absolute atomic E-state index is 11.7. The maximum Gasteiger partial charge on any atom is 0.162 e. The zero-order valence-electron chi connectivity index (χ0n) is 7.08. The van der Waals surface area contributed by atoms with Crippen LogP contribution in [0.2, 0.25) is 0 Å². The molecular weight excluding hydrogens is 176 g/mol. The number of carbonyl (C=O) groups is 1. The first-order chi connectivity index (χ1) is 5.53. The summed E-state index contributed by atoms with van der Waals surface area (Å²) in [5, 5.41) is 0. The first kappa shape index (κ1) is 8.27. The summed E-state index contributed by atoms with van der Waals surface area (Å²) in [6.45, 7) is 3.59. The summed E-state index contributed by atoms with van der Waals surface area (Å²) in [5.74, 6) is -0.0158. The minimum Gasteiger partial charge on any atom is -0.364 e. The Kier molecular flexibility index (Phi) is 1.61. The number of ether oxygens (including phenoxy) is 1. The Hall–Kier alpha value is -0.340. The van der Waals surface area contributed by atoms with E-state index in [4.69, 9.17) is 16.3 Å². The second kappa shape index (κ2) is 2.33. The van der Waals surface area contributed by atoms with Crippen molar-refractivity contribution in [1.29, 1.82) is 0 Å².